The van der Waals surface area contributed by atoms with Crippen LogP contribution in [-0.4, -0.2) is 4.57 Å². The fourth-order valence-corrected chi connectivity index (χ4v) is 2.12. The number of benzene rings is 2. The van der Waals surface area contributed by atoms with Gasteiger partial charge in [0.15, 0.2) is 0 Å². The highest BCUT2D eigenvalue weighted by Gasteiger charge is 2.07. The molecule has 0 spiro atoms. The SMILES string of the molecule is Nc1cc2ccccc2c(=O)n1-c1ccccc1. The molecule has 0 saturated carbocycles. The third kappa shape index (κ3) is 1.57. The van der Waals surface area contributed by atoms with Crippen molar-refractivity contribution in [2.24, 2.45) is 0 Å². The molecule has 0 aliphatic rings. The number of pyridine rings is 1. The van der Waals surface area contributed by atoms with Gasteiger partial charge < -0.3 is 5.73 Å². The maximum atomic E-state index is 12.4. The Labute approximate surface area is 104 Å². The minimum absolute atomic E-state index is 0.0863. The number of anilines is 1. The lowest BCUT2D eigenvalue weighted by molar-refractivity contribution is 1.02. The summed E-state index contributed by atoms with van der Waals surface area (Å²) >= 11 is 0. The van der Waals surface area contributed by atoms with Crippen molar-refractivity contribution in [3.05, 3.63) is 71.0 Å². The van der Waals surface area contributed by atoms with E-state index in [0.717, 1.165) is 11.1 Å². The Bertz CT molecular complexity index is 760. The summed E-state index contributed by atoms with van der Waals surface area (Å²) in [6.45, 7) is 0. The molecule has 2 aromatic carbocycles. The van der Waals surface area contributed by atoms with Gasteiger partial charge in [0.25, 0.3) is 5.56 Å². The molecule has 0 aliphatic carbocycles. The van der Waals surface area contributed by atoms with Crippen LogP contribution < -0.4 is 11.3 Å². The van der Waals surface area contributed by atoms with E-state index in [1.165, 1.54) is 4.57 Å². The van der Waals surface area contributed by atoms with Gasteiger partial charge in [-0.3, -0.25) is 9.36 Å². The molecule has 3 rings (SSSR count). The highest BCUT2D eigenvalue weighted by atomic mass is 16.1. The second kappa shape index (κ2) is 4.04. The molecule has 0 radical (unpaired) electrons. The quantitative estimate of drug-likeness (QED) is 0.706. The van der Waals surface area contributed by atoms with Gasteiger partial charge in [-0.25, -0.2) is 0 Å². The molecule has 0 fully saturated rings. The fourth-order valence-electron chi connectivity index (χ4n) is 2.12. The number of hydrogen-bond donors (Lipinski definition) is 1. The maximum absolute atomic E-state index is 12.4. The fraction of sp³-hybridized carbons (Fsp3) is 0. The summed E-state index contributed by atoms with van der Waals surface area (Å²) in [5.74, 6) is 0.449. The molecular weight excluding hydrogens is 224 g/mol. The molecule has 0 bridgehead atoms. The van der Waals surface area contributed by atoms with Crippen molar-refractivity contribution in [1.29, 1.82) is 0 Å². The van der Waals surface area contributed by atoms with E-state index in [2.05, 4.69) is 0 Å². The average Bonchev–Trinajstić information content (AvgIpc) is 2.40. The van der Waals surface area contributed by atoms with Gasteiger partial charge in [0.05, 0.1) is 5.69 Å². The van der Waals surface area contributed by atoms with Crippen molar-refractivity contribution in [3.63, 3.8) is 0 Å². The summed E-state index contributed by atoms with van der Waals surface area (Å²) < 4.78 is 1.53. The van der Waals surface area contributed by atoms with Crippen molar-refractivity contribution in [2.45, 2.75) is 0 Å². The third-order valence-corrected chi connectivity index (χ3v) is 2.97. The number of para-hydroxylation sites is 1. The van der Waals surface area contributed by atoms with Gasteiger partial charge in [-0.15, -0.1) is 0 Å². The predicted molar refractivity (Wildman–Crippen MR) is 74.0 cm³/mol. The van der Waals surface area contributed by atoms with E-state index in [9.17, 15) is 4.79 Å². The van der Waals surface area contributed by atoms with E-state index in [4.69, 9.17) is 5.73 Å². The molecule has 0 atom stereocenters. The summed E-state index contributed by atoms with van der Waals surface area (Å²) in [6, 6.07) is 18.7. The Kier molecular flexibility index (Phi) is 2.38. The largest absolute Gasteiger partial charge is 0.385 e. The van der Waals surface area contributed by atoms with Crippen molar-refractivity contribution >= 4 is 16.6 Å². The number of rotatable bonds is 1. The number of aromatic nitrogens is 1. The number of nitrogen functional groups attached to an aromatic ring is 1. The summed E-state index contributed by atoms with van der Waals surface area (Å²) in [5, 5.41) is 1.54. The van der Waals surface area contributed by atoms with E-state index in [0.29, 0.717) is 11.2 Å². The lowest BCUT2D eigenvalue weighted by Crippen LogP contribution is -2.21. The summed E-state index contributed by atoms with van der Waals surface area (Å²) in [6.07, 6.45) is 0. The topological polar surface area (TPSA) is 48.0 Å². The van der Waals surface area contributed by atoms with Crippen molar-refractivity contribution in [3.8, 4) is 5.69 Å². The van der Waals surface area contributed by atoms with Crippen LogP contribution in [0.3, 0.4) is 0 Å². The molecule has 3 aromatic rings. The molecule has 3 heteroatoms. The van der Waals surface area contributed by atoms with Crippen molar-refractivity contribution < 1.29 is 0 Å². The summed E-state index contributed by atoms with van der Waals surface area (Å²) in [7, 11) is 0. The van der Waals surface area contributed by atoms with Crippen molar-refractivity contribution in [2.75, 3.05) is 5.73 Å². The summed E-state index contributed by atoms with van der Waals surface area (Å²) in [5.41, 5.74) is 6.68. The number of nitrogens with zero attached hydrogens (tertiary/aromatic N) is 1. The van der Waals surface area contributed by atoms with Crippen LogP contribution in [0, 0.1) is 0 Å². The van der Waals surface area contributed by atoms with E-state index in [-0.39, 0.29) is 5.56 Å². The van der Waals surface area contributed by atoms with Crippen LogP contribution in [-0.2, 0) is 0 Å². The zero-order chi connectivity index (χ0) is 12.5. The molecule has 0 aliphatic heterocycles. The second-order valence-electron chi connectivity index (χ2n) is 4.13. The Balaban J connectivity index is 2.41. The second-order valence-corrected chi connectivity index (χ2v) is 4.13. The number of fused-ring (bicyclic) bond motifs is 1. The molecular formula is C15H12N2O. The minimum Gasteiger partial charge on any atom is -0.385 e. The lowest BCUT2D eigenvalue weighted by atomic mass is 10.1. The van der Waals surface area contributed by atoms with Gasteiger partial charge >= 0.3 is 0 Å². The van der Waals surface area contributed by atoms with Gasteiger partial charge in [0, 0.05) is 5.39 Å². The number of nitrogens with two attached hydrogens (primary N) is 1. The van der Waals surface area contributed by atoms with Crippen molar-refractivity contribution in [1.82, 2.24) is 4.57 Å². The average molecular weight is 236 g/mol. The molecule has 3 nitrogen and oxygen atoms in total. The van der Waals surface area contributed by atoms with Crippen LogP contribution in [0.25, 0.3) is 16.5 Å². The zero-order valence-electron chi connectivity index (χ0n) is 9.71. The monoisotopic (exact) mass is 236 g/mol. The van der Waals surface area contributed by atoms with Crippen LogP contribution in [0.2, 0.25) is 0 Å². The van der Waals surface area contributed by atoms with Crippen LogP contribution in [0.5, 0.6) is 0 Å². The summed E-state index contributed by atoms with van der Waals surface area (Å²) in [4.78, 5) is 12.4. The van der Waals surface area contributed by atoms with Gasteiger partial charge in [0.2, 0.25) is 0 Å². The molecule has 88 valence electrons. The zero-order valence-corrected chi connectivity index (χ0v) is 9.71. The van der Waals surface area contributed by atoms with Crippen LogP contribution >= 0.6 is 0 Å². The smallest absolute Gasteiger partial charge is 0.264 e. The van der Waals surface area contributed by atoms with E-state index < -0.39 is 0 Å². The third-order valence-electron chi connectivity index (χ3n) is 2.97. The molecule has 18 heavy (non-hydrogen) atoms. The minimum atomic E-state index is -0.0863. The normalized spacial score (nSPS) is 10.7. The predicted octanol–water partition coefficient (Wildman–Crippen LogP) is 2.57. The molecule has 1 heterocycles. The van der Waals surface area contributed by atoms with E-state index in [1.807, 2.05) is 60.7 Å². The van der Waals surface area contributed by atoms with E-state index in [1.54, 1.807) is 0 Å². The Hall–Kier alpha value is -2.55. The van der Waals surface area contributed by atoms with Crippen LogP contribution in [0.1, 0.15) is 0 Å². The number of hydrogen-bond acceptors (Lipinski definition) is 2. The van der Waals surface area contributed by atoms with Crippen LogP contribution in [0.15, 0.2) is 65.5 Å². The molecule has 1 aromatic heterocycles. The molecule has 0 saturated heterocycles. The lowest BCUT2D eigenvalue weighted by Gasteiger charge is -2.10. The standard InChI is InChI=1S/C15H12N2O/c16-14-10-11-6-4-5-9-13(11)15(18)17(14)12-7-2-1-3-8-12/h1-10H,16H2. The Morgan fingerprint density at radius 3 is 2.33 bits per heavy atom. The van der Waals surface area contributed by atoms with Gasteiger partial charge in [0.1, 0.15) is 5.82 Å². The van der Waals surface area contributed by atoms with Gasteiger partial charge in [-0.2, -0.15) is 0 Å². The maximum Gasteiger partial charge on any atom is 0.264 e. The first-order valence-corrected chi connectivity index (χ1v) is 5.73. The van der Waals surface area contributed by atoms with E-state index >= 15 is 0 Å². The Morgan fingerprint density at radius 1 is 0.889 bits per heavy atom. The molecule has 2 N–H and O–H groups in total. The first kappa shape index (κ1) is 10.6. The van der Waals surface area contributed by atoms with Crippen LogP contribution in [0.4, 0.5) is 5.82 Å². The van der Waals surface area contributed by atoms with Gasteiger partial charge in [-0.05, 0) is 29.7 Å². The highest BCUT2D eigenvalue weighted by molar-refractivity contribution is 5.84. The Morgan fingerprint density at radius 2 is 1.56 bits per heavy atom. The highest BCUT2D eigenvalue weighted by Crippen LogP contribution is 2.16. The molecule has 0 unspecified atom stereocenters. The first-order valence-electron chi connectivity index (χ1n) is 5.73. The van der Waals surface area contributed by atoms with Gasteiger partial charge in [-0.1, -0.05) is 36.4 Å². The molecule has 0 amide bonds. The first-order chi connectivity index (χ1) is 8.77.